The molecule has 212 valence electrons. The van der Waals surface area contributed by atoms with Crippen LogP contribution in [0.4, 0.5) is 17.6 Å². The summed E-state index contributed by atoms with van der Waals surface area (Å²) in [5.74, 6) is -0.836. The van der Waals surface area contributed by atoms with Crippen LogP contribution < -0.4 is 10.5 Å². The molecule has 3 aromatic heterocycles. The Bertz CT molecular complexity index is 1590. The maximum atomic E-state index is 13.8. The lowest BCUT2D eigenvalue weighted by Gasteiger charge is -2.22. The molecule has 1 aliphatic heterocycles. The molecule has 1 saturated carbocycles. The number of benzene rings is 1. The molecular formula is C28H24F4N6O2S. The van der Waals surface area contributed by atoms with E-state index in [9.17, 15) is 22.4 Å². The van der Waals surface area contributed by atoms with Gasteiger partial charge in [-0.15, -0.1) is 11.3 Å². The summed E-state index contributed by atoms with van der Waals surface area (Å²) in [7, 11) is 0. The van der Waals surface area contributed by atoms with Crippen molar-refractivity contribution in [1.29, 1.82) is 0 Å². The van der Waals surface area contributed by atoms with Crippen LogP contribution in [0.1, 0.15) is 34.8 Å². The minimum absolute atomic E-state index is 0.0233. The molecule has 8 nitrogen and oxygen atoms in total. The first kappa shape index (κ1) is 27.2. The molecule has 0 spiro atoms. The van der Waals surface area contributed by atoms with Crippen molar-refractivity contribution in [3.63, 3.8) is 0 Å². The van der Waals surface area contributed by atoms with Crippen LogP contribution in [0.15, 0.2) is 54.9 Å². The topological polar surface area (TPSA) is 107 Å². The van der Waals surface area contributed by atoms with Crippen molar-refractivity contribution in [2.24, 2.45) is 17.6 Å². The van der Waals surface area contributed by atoms with Crippen molar-refractivity contribution in [2.45, 2.75) is 31.7 Å². The van der Waals surface area contributed by atoms with Gasteiger partial charge in [-0.1, -0.05) is 0 Å². The lowest BCUT2D eigenvalue weighted by atomic mass is 9.95. The predicted molar refractivity (Wildman–Crippen MR) is 142 cm³/mol. The lowest BCUT2D eigenvalue weighted by molar-refractivity contribution is -0.141. The summed E-state index contributed by atoms with van der Waals surface area (Å²) in [5, 5.41) is -0.0717. The summed E-state index contributed by atoms with van der Waals surface area (Å²) in [5.41, 5.74) is 6.45. The van der Waals surface area contributed by atoms with E-state index >= 15 is 0 Å². The summed E-state index contributed by atoms with van der Waals surface area (Å²) < 4.78 is 61.0. The van der Waals surface area contributed by atoms with Crippen LogP contribution in [0, 0.1) is 17.7 Å². The molecule has 41 heavy (non-hydrogen) atoms. The molecule has 2 aliphatic rings. The number of ether oxygens (including phenoxy) is 1. The minimum atomic E-state index is -4.81. The summed E-state index contributed by atoms with van der Waals surface area (Å²) in [6.45, 7) is 4.18. The first-order valence-electron chi connectivity index (χ1n) is 12.8. The van der Waals surface area contributed by atoms with Gasteiger partial charge in [0.15, 0.2) is 16.5 Å². The number of fused-ring (bicyclic) bond motifs is 1. The van der Waals surface area contributed by atoms with E-state index in [0.717, 1.165) is 5.56 Å². The van der Waals surface area contributed by atoms with Gasteiger partial charge in [0.2, 0.25) is 5.88 Å². The number of halogens is 4. The number of amides is 1. The Hall–Kier alpha value is -3.97. The van der Waals surface area contributed by atoms with E-state index < -0.39 is 28.2 Å². The molecule has 1 aliphatic carbocycles. The summed E-state index contributed by atoms with van der Waals surface area (Å²) >= 11 is 0.634. The third-order valence-corrected chi connectivity index (χ3v) is 8.23. The zero-order chi connectivity index (χ0) is 29.1. The van der Waals surface area contributed by atoms with Crippen molar-refractivity contribution < 1.29 is 27.1 Å². The molecule has 1 saturated heterocycles. The van der Waals surface area contributed by atoms with E-state index in [1.807, 2.05) is 19.9 Å². The fourth-order valence-electron chi connectivity index (χ4n) is 4.96. The molecule has 1 aromatic carbocycles. The van der Waals surface area contributed by atoms with Gasteiger partial charge in [-0.2, -0.15) is 13.2 Å². The van der Waals surface area contributed by atoms with Crippen molar-refractivity contribution in [1.82, 2.24) is 24.8 Å². The molecule has 1 amide bonds. The van der Waals surface area contributed by atoms with Crippen LogP contribution in [0.25, 0.3) is 22.1 Å². The number of carbonyl (C=O) groups excluding carboxylic acids is 1. The number of carbonyl (C=O) groups is 1. The number of hydrogen-bond donors (Lipinski definition) is 1. The van der Waals surface area contributed by atoms with E-state index in [1.54, 1.807) is 18.2 Å². The maximum Gasteiger partial charge on any atom is 0.435 e. The van der Waals surface area contributed by atoms with Crippen LogP contribution in [0.2, 0.25) is 0 Å². The summed E-state index contributed by atoms with van der Waals surface area (Å²) in [6, 6.07) is 11.0. The Kier molecular flexibility index (Phi) is 6.53. The second-order valence-corrected chi connectivity index (χ2v) is 11.7. The van der Waals surface area contributed by atoms with Crippen LogP contribution in [-0.4, -0.2) is 49.9 Å². The lowest BCUT2D eigenvalue weighted by Crippen LogP contribution is -2.34. The summed E-state index contributed by atoms with van der Waals surface area (Å²) in [4.78, 5) is 30.3. The van der Waals surface area contributed by atoms with Crippen LogP contribution in [-0.2, 0) is 11.7 Å². The monoisotopic (exact) mass is 584 g/mol. The average molecular weight is 585 g/mol. The van der Waals surface area contributed by atoms with E-state index in [-0.39, 0.29) is 47.7 Å². The smallest absolute Gasteiger partial charge is 0.435 e. The number of piperidine rings is 1. The number of rotatable bonds is 6. The number of likely N-dealkylation sites (tertiary alicyclic amines) is 1. The van der Waals surface area contributed by atoms with Gasteiger partial charge in [-0.3, -0.25) is 4.79 Å². The van der Waals surface area contributed by atoms with Crippen LogP contribution >= 0.6 is 11.3 Å². The quantitative estimate of drug-likeness (QED) is 0.312. The average Bonchev–Trinajstić information content (AvgIpc) is 3.29. The van der Waals surface area contributed by atoms with Crippen LogP contribution in [0.3, 0.4) is 0 Å². The number of nitrogens with zero attached hydrogens (tertiary/aromatic N) is 5. The third-order valence-electron chi connectivity index (χ3n) is 7.19. The molecular weight excluding hydrogens is 560 g/mol. The summed E-state index contributed by atoms with van der Waals surface area (Å²) in [6.07, 6.45) is -2.26. The van der Waals surface area contributed by atoms with E-state index in [0.29, 0.717) is 28.5 Å². The fraction of sp³-hybridized carbons (Fsp3) is 0.321. The zero-order valence-electron chi connectivity index (χ0n) is 21.9. The predicted octanol–water partition coefficient (Wildman–Crippen LogP) is 5.16. The Balaban J connectivity index is 1.19. The molecule has 0 radical (unpaired) electrons. The van der Waals surface area contributed by atoms with Crippen molar-refractivity contribution in [3.8, 4) is 28.0 Å². The number of hydrogen-bond acceptors (Lipinski definition) is 8. The minimum Gasteiger partial charge on any atom is -0.474 e. The molecule has 0 bridgehead atoms. The molecule has 2 N–H and O–H groups in total. The highest BCUT2D eigenvalue weighted by Crippen LogP contribution is 2.49. The van der Waals surface area contributed by atoms with Crippen LogP contribution in [0.5, 0.6) is 5.88 Å². The molecule has 2 fully saturated rings. The number of pyridine rings is 1. The highest BCUT2D eigenvalue weighted by Gasteiger charge is 2.59. The number of thiazole rings is 1. The standard InChI is InChI=1S/C28H24F4N6O2S/c1-27(2,33)15-10-19(14-4-6-16(29)7-5-14)36-20(11-15)40-21-17-12-38(13-18(17)21)26(39)22-23(28(30,31)32)37-25(41-22)24-34-8-3-9-35-24/h3-11,17-18,21H,12-13,33H2,1-2H3/t17-,18+,21?. The van der Waals surface area contributed by atoms with Crippen molar-refractivity contribution in [3.05, 3.63) is 76.8 Å². The third kappa shape index (κ3) is 5.38. The molecule has 4 aromatic rings. The van der Waals surface area contributed by atoms with Gasteiger partial charge in [0.1, 0.15) is 16.8 Å². The highest BCUT2D eigenvalue weighted by atomic mass is 32.1. The van der Waals surface area contributed by atoms with E-state index in [1.165, 1.54) is 35.5 Å². The molecule has 3 atom stereocenters. The SMILES string of the molecule is CC(C)(N)c1cc(OC2[C@H]3CN(C(=O)c4sc(-c5ncccn5)nc4C(F)(F)F)C[C@@H]23)nc(-c2ccc(F)cc2)c1. The van der Waals surface area contributed by atoms with E-state index in [2.05, 4.69) is 19.9 Å². The Morgan fingerprint density at radius 2 is 1.71 bits per heavy atom. The molecule has 6 rings (SSSR count). The molecule has 4 heterocycles. The van der Waals surface area contributed by atoms with E-state index in [4.69, 9.17) is 10.5 Å². The first-order valence-corrected chi connectivity index (χ1v) is 13.6. The molecule has 1 unspecified atom stereocenters. The number of aromatic nitrogens is 4. The van der Waals surface area contributed by atoms with Crippen molar-refractivity contribution in [2.75, 3.05) is 13.1 Å². The molecule has 13 heteroatoms. The fourth-order valence-corrected chi connectivity index (χ4v) is 5.97. The van der Waals surface area contributed by atoms with Gasteiger partial charge in [0, 0.05) is 54.5 Å². The first-order chi connectivity index (χ1) is 19.4. The second-order valence-electron chi connectivity index (χ2n) is 10.7. The van der Waals surface area contributed by atoms with Gasteiger partial charge in [0.25, 0.3) is 5.91 Å². The second kappa shape index (κ2) is 9.84. The normalized spacial score (nSPS) is 20.2. The van der Waals surface area contributed by atoms with Gasteiger partial charge in [-0.05, 0) is 55.8 Å². The number of nitrogens with two attached hydrogens (primary N) is 1. The van der Waals surface area contributed by atoms with Gasteiger partial charge in [-0.25, -0.2) is 24.3 Å². The largest absolute Gasteiger partial charge is 0.474 e. The van der Waals surface area contributed by atoms with Gasteiger partial charge in [0.05, 0.1) is 5.69 Å². The zero-order valence-corrected chi connectivity index (χ0v) is 22.7. The van der Waals surface area contributed by atoms with Gasteiger partial charge >= 0.3 is 6.18 Å². The Morgan fingerprint density at radius 1 is 1.05 bits per heavy atom. The van der Waals surface area contributed by atoms with Crippen molar-refractivity contribution >= 4 is 17.2 Å². The Morgan fingerprint density at radius 3 is 2.32 bits per heavy atom. The number of alkyl halides is 3. The van der Waals surface area contributed by atoms with Gasteiger partial charge < -0.3 is 15.4 Å². The highest BCUT2D eigenvalue weighted by molar-refractivity contribution is 7.17. The maximum absolute atomic E-state index is 13.8. The Labute approximate surface area is 236 Å².